The van der Waals surface area contributed by atoms with E-state index in [4.69, 9.17) is 4.74 Å². The van der Waals surface area contributed by atoms with Crippen LogP contribution < -0.4 is 4.74 Å². The summed E-state index contributed by atoms with van der Waals surface area (Å²) in [6.45, 7) is 1.20. The largest absolute Gasteiger partial charge is 0.473 e. The molecule has 0 unspecified atom stereocenters. The molecule has 0 aliphatic carbocycles. The van der Waals surface area contributed by atoms with Crippen molar-refractivity contribution in [3.8, 4) is 11.6 Å². The fourth-order valence-electron chi connectivity index (χ4n) is 3.55. The summed E-state index contributed by atoms with van der Waals surface area (Å²) in [7, 11) is 0. The number of nitrogens with zero attached hydrogens (tertiary/aromatic N) is 6. The highest BCUT2D eigenvalue weighted by molar-refractivity contribution is 5.92. The molecule has 0 radical (unpaired) electrons. The van der Waals surface area contributed by atoms with Gasteiger partial charge in [-0.15, -0.1) is 5.10 Å². The normalized spacial score (nSPS) is 14.7. The summed E-state index contributed by atoms with van der Waals surface area (Å²) in [5, 5.41) is 8.55. The van der Waals surface area contributed by atoms with Gasteiger partial charge in [-0.25, -0.2) is 9.97 Å². The molecule has 0 saturated carbocycles. The number of para-hydroxylation sites is 3. The molecule has 0 bridgehead atoms. The summed E-state index contributed by atoms with van der Waals surface area (Å²) in [6, 6.07) is 17.2. The molecule has 2 aromatic heterocycles. The Hall–Kier alpha value is -3.81. The van der Waals surface area contributed by atoms with E-state index in [0.717, 1.165) is 29.6 Å². The van der Waals surface area contributed by atoms with Gasteiger partial charge in [0, 0.05) is 25.9 Å². The first-order valence-corrected chi connectivity index (χ1v) is 9.92. The summed E-state index contributed by atoms with van der Waals surface area (Å²) < 4.78 is 6.02. The lowest BCUT2D eigenvalue weighted by molar-refractivity contribution is 0.0582. The molecule has 1 aliphatic rings. The van der Waals surface area contributed by atoms with Gasteiger partial charge in [-0.05, 0) is 24.3 Å². The molecule has 5 rings (SSSR count). The highest BCUT2D eigenvalue weighted by Crippen LogP contribution is 2.20. The van der Waals surface area contributed by atoms with Crippen molar-refractivity contribution < 1.29 is 9.53 Å². The number of fused-ring (bicyclic) bond motifs is 1. The molecule has 2 aromatic carbocycles. The van der Waals surface area contributed by atoms with Gasteiger partial charge in [-0.2, -0.15) is 9.90 Å². The van der Waals surface area contributed by atoms with Crippen molar-refractivity contribution >= 4 is 16.9 Å². The first kappa shape index (κ1) is 18.2. The van der Waals surface area contributed by atoms with Gasteiger partial charge in [0.2, 0.25) is 5.88 Å². The summed E-state index contributed by atoms with van der Waals surface area (Å²) in [4.78, 5) is 25.0. The number of carbonyl (C=O) groups is 1. The van der Waals surface area contributed by atoms with Crippen LogP contribution in [-0.2, 0) is 0 Å². The number of carbonyl (C=O) groups excluding carboxylic acids is 1. The average molecular weight is 400 g/mol. The third-order valence-electron chi connectivity index (χ3n) is 5.14. The second-order valence-electron chi connectivity index (χ2n) is 7.16. The van der Waals surface area contributed by atoms with E-state index in [-0.39, 0.29) is 12.0 Å². The van der Waals surface area contributed by atoms with Crippen LogP contribution in [0.25, 0.3) is 16.7 Å². The zero-order valence-corrected chi connectivity index (χ0v) is 16.3. The van der Waals surface area contributed by atoms with Crippen molar-refractivity contribution in [2.45, 2.75) is 18.9 Å². The zero-order chi connectivity index (χ0) is 20.3. The Morgan fingerprint density at radius 1 is 0.933 bits per heavy atom. The van der Waals surface area contributed by atoms with E-state index in [1.807, 2.05) is 54.6 Å². The number of hydrogen-bond acceptors (Lipinski definition) is 6. The summed E-state index contributed by atoms with van der Waals surface area (Å²) in [6.07, 6.45) is 4.63. The molecule has 0 atom stereocenters. The number of piperidine rings is 1. The maximum Gasteiger partial charge on any atom is 0.276 e. The summed E-state index contributed by atoms with van der Waals surface area (Å²) in [5.74, 6) is 0.408. The molecule has 150 valence electrons. The smallest absolute Gasteiger partial charge is 0.276 e. The summed E-state index contributed by atoms with van der Waals surface area (Å²) in [5.41, 5.74) is 2.82. The van der Waals surface area contributed by atoms with Gasteiger partial charge >= 0.3 is 0 Å². The third kappa shape index (κ3) is 3.71. The van der Waals surface area contributed by atoms with Crippen molar-refractivity contribution in [1.82, 2.24) is 29.9 Å². The van der Waals surface area contributed by atoms with Crippen LogP contribution >= 0.6 is 0 Å². The van der Waals surface area contributed by atoms with Crippen LogP contribution in [0, 0.1) is 0 Å². The molecule has 4 aromatic rings. The molecule has 1 fully saturated rings. The van der Waals surface area contributed by atoms with Crippen LogP contribution in [0.3, 0.4) is 0 Å². The Bertz CT molecular complexity index is 1170. The van der Waals surface area contributed by atoms with Gasteiger partial charge in [-0.3, -0.25) is 4.79 Å². The van der Waals surface area contributed by atoms with Gasteiger partial charge in [0.25, 0.3) is 5.91 Å². The average Bonchev–Trinajstić information content (AvgIpc) is 3.30. The molecule has 3 heterocycles. The number of benzene rings is 2. The predicted molar refractivity (Wildman–Crippen MR) is 110 cm³/mol. The number of ether oxygens (including phenoxy) is 1. The second kappa shape index (κ2) is 7.90. The highest BCUT2D eigenvalue weighted by Gasteiger charge is 2.26. The van der Waals surface area contributed by atoms with Crippen LogP contribution in [-0.4, -0.2) is 55.0 Å². The molecule has 0 N–H and O–H groups in total. The number of rotatable bonds is 4. The minimum absolute atomic E-state index is 0.00418. The summed E-state index contributed by atoms with van der Waals surface area (Å²) >= 11 is 0. The predicted octanol–water partition coefficient (Wildman–Crippen LogP) is 2.89. The topological polar surface area (TPSA) is 86.0 Å². The number of likely N-dealkylation sites (tertiary alicyclic amines) is 1. The van der Waals surface area contributed by atoms with Crippen molar-refractivity contribution in [3.63, 3.8) is 0 Å². The van der Waals surface area contributed by atoms with Crippen LogP contribution in [0.1, 0.15) is 23.3 Å². The quantitative estimate of drug-likeness (QED) is 0.524. The molecular formula is C22H20N6O2. The van der Waals surface area contributed by atoms with Crippen molar-refractivity contribution in [2.24, 2.45) is 0 Å². The number of hydrogen-bond donors (Lipinski definition) is 0. The van der Waals surface area contributed by atoms with Crippen LogP contribution in [0.2, 0.25) is 0 Å². The fourth-order valence-corrected chi connectivity index (χ4v) is 3.55. The van der Waals surface area contributed by atoms with E-state index >= 15 is 0 Å². The van der Waals surface area contributed by atoms with Gasteiger partial charge in [0.1, 0.15) is 6.10 Å². The Morgan fingerprint density at radius 2 is 1.67 bits per heavy atom. The van der Waals surface area contributed by atoms with Gasteiger partial charge < -0.3 is 9.64 Å². The maximum atomic E-state index is 12.8. The van der Waals surface area contributed by atoms with E-state index in [0.29, 0.717) is 24.7 Å². The first-order valence-electron chi connectivity index (χ1n) is 9.92. The standard InChI is InChI=1S/C22H20N6O2/c29-22(20-14-24-28(26-20)16-6-2-1-3-7-16)27-12-10-17(11-13-27)30-21-15-23-18-8-4-5-9-19(18)25-21/h1-9,14-15,17H,10-13H2. The second-order valence-corrected chi connectivity index (χ2v) is 7.16. The Labute approximate surface area is 173 Å². The van der Waals surface area contributed by atoms with Crippen LogP contribution in [0.4, 0.5) is 0 Å². The SMILES string of the molecule is O=C(c1cnn(-c2ccccc2)n1)N1CCC(Oc2cnc3ccccc3n2)CC1. The number of amides is 1. The Morgan fingerprint density at radius 3 is 2.47 bits per heavy atom. The Balaban J connectivity index is 1.20. The lowest BCUT2D eigenvalue weighted by Crippen LogP contribution is -2.42. The van der Waals surface area contributed by atoms with Gasteiger partial charge in [0.05, 0.1) is 29.1 Å². The molecule has 1 saturated heterocycles. The van der Waals surface area contributed by atoms with Crippen molar-refractivity contribution in [1.29, 1.82) is 0 Å². The van der Waals surface area contributed by atoms with Crippen LogP contribution in [0.5, 0.6) is 5.88 Å². The molecule has 0 spiro atoms. The van der Waals surface area contributed by atoms with E-state index in [9.17, 15) is 4.79 Å². The van der Waals surface area contributed by atoms with Gasteiger partial charge in [0.15, 0.2) is 5.69 Å². The molecule has 1 aliphatic heterocycles. The van der Waals surface area contributed by atoms with E-state index in [1.54, 1.807) is 11.1 Å². The van der Waals surface area contributed by atoms with Crippen molar-refractivity contribution in [2.75, 3.05) is 13.1 Å². The molecule has 8 nitrogen and oxygen atoms in total. The van der Waals surface area contributed by atoms with Crippen molar-refractivity contribution in [3.05, 3.63) is 72.7 Å². The minimum Gasteiger partial charge on any atom is -0.473 e. The van der Waals surface area contributed by atoms with Crippen LogP contribution in [0.15, 0.2) is 67.0 Å². The zero-order valence-electron chi connectivity index (χ0n) is 16.3. The maximum absolute atomic E-state index is 12.8. The lowest BCUT2D eigenvalue weighted by Gasteiger charge is -2.31. The molecule has 1 amide bonds. The monoisotopic (exact) mass is 400 g/mol. The number of aromatic nitrogens is 5. The van der Waals surface area contributed by atoms with E-state index in [2.05, 4.69) is 20.2 Å². The minimum atomic E-state index is -0.110. The highest BCUT2D eigenvalue weighted by atomic mass is 16.5. The molecular weight excluding hydrogens is 380 g/mol. The van der Waals surface area contributed by atoms with E-state index < -0.39 is 0 Å². The lowest BCUT2D eigenvalue weighted by atomic mass is 10.1. The fraction of sp³-hybridized carbons (Fsp3) is 0.227. The van der Waals surface area contributed by atoms with Gasteiger partial charge in [-0.1, -0.05) is 30.3 Å². The van der Waals surface area contributed by atoms with E-state index in [1.165, 1.54) is 11.0 Å². The first-order chi connectivity index (χ1) is 14.8. The molecule has 8 heteroatoms. The molecule has 30 heavy (non-hydrogen) atoms. The third-order valence-corrected chi connectivity index (χ3v) is 5.14. The Kier molecular flexibility index (Phi) is 4.80.